The molecule has 0 spiro atoms. The highest BCUT2D eigenvalue weighted by Gasteiger charge is 2.33. The summed E-state index contributed by atoms with van der Waals surface area (Å²) in [5, 5.41) is 4.08. The monoisotopic (exact) mass is 255 g/mol. The van der Waals surface area contributed by atoms with Gasteiger partial charge in [0.1, 0.15) is 5.75 Å². The highest BCUT2D eigenvalue weighted by Crippen LogP contribution is 2.35. The molecular formula is C13H18ClNO2. The predicted octanol–water partition coefficient (Wildman–Crippen LogP) is 2.57. The molecule has 0 radical (unpaired) electrons. The van der Waals surface area contributed by atoms with Crippen molar-refractivity contribution < 1.29 is 9.47 Å². The molecule has 2 rings (SSSR count). The Balaban J connectivity index is 2.33. The molecule has 1 N–H and O–H groups in total. The molecule has 4 heteroatoms. The van der Waals surface area contributed by atoms with Crippen molar-refractivity contribution in [1.82, 2.24) is 5.32 Å². The van der Waals surface area contributed by atoms with E-state index in [1.54, 1.807) is 7.11 Å². The molecule has 1 aromatic carbocycles. The highest BCUT2D eigenvalue weighted by molar-refractivity contribution is 6.32. The number of hydrogen-bond donors (Lipinski definition) is 1. The molecule has 0 unspecified atom stereocenters. The lowest BCUT2D eigenvalue weighted by Gasteiger charge is -2.37. The van der Waals surface area contributed by atoms with Crippen molar-refractivity contribution in [1.29, 1.82) is 0 Å². The van der Waals surface area contributed by atoms with Gasteiger partial charge in [0.25, 0.3) is 0 Å². The lowest BCUT2D eigenvalue weighted by molar-refractivity contribution is 0.0398. The van der Waals surface area contributed by atoms with Crippen molar-refractivity contribution in [2.45, 2.75) is 18.4 Å². The minimum Gasteiger partial charge on any atom is -0.495 e. The topological polar surface area (TPSA) is 30.5 Å². The molecule has 0 atom stereocenters. The maximum atomic E-state index is 6.18. The van der Waals surface area contributed by atoms with Crippen LogP contribution in [0.4, 0.5) is 0 Å². The zero-order valence-electron chi connectivity index (χ0n) is 10.3. The van der Waals surface area contributed by atoms with Crippen LogP contribution in [-0.4, -0.2) is 27.4 Å². The molecule has 0 aliphatic carbocycles. The summed E-state index contributed by atoms with van der Waals surface area (Å²) in [5.74, 6) is 0.716. The fourth-order valence-corrected chi connectivity index (χ4v) is 2.62. The van der Waals surface area contributed by atoms with Crippen LogP contribution in [0.5, 0.6) is 5.75 Å². The molecule has 17 heavy (non-hydrogen) atoms. The van der Waals surface area contributed by atoms with Gasteiger partial charge in [-0.15, -0.1) is 0 Å². The Morgan fingerprint density at radius 2 is 2.06 bits per heavy atom. The lowest BCUT2D eigenvalue weighted by Crippen LogP contribution is -2.44. The van der Waals surface area contributed by atoms with Crippen LogP contribution in [-0.2, 0) is 10.3 Å². The van der Waals surface area contributed by atoms with Crippen molar-refractivity contribution in [3.63, 3.8) is 0 Å². The number of halogens is 1. The Kier molecular flexibility index (Phi) is 3.92. The van der Waals surface area contributed by atoms with Gasteiger partial charge in [-0.25, -0.2) is 0 Å². The quantitative estimate of drug-likeness (QED) is 0.901. The normalized spacial score (nSPS) is 19.0. The first kappa shape index (κ1) is 12.7. The summed E-state index contributed by atoms with van der Waals surface area (Å²) < 4.78 is 10.6. The summed E-state index contributed by atoms with van der Waals surface area (Å²) in [5.41, 5.74) is 1.18. The number of nitrogens with one attached hydrogen (secondary N) is 1. The van der Waals surface area contributed by atoms with E-state index in [0.717, 1.165) is 26.1 Å². The minimum atomic E-state index is -0.0197. The van der Waals surface area contributed by atoms with Gasteiger partial charge in [0.15, 0.2) is 0 Å². The molecule has 1 fully saturated rings. The van der Waals surface area contributed by atoms with Crippen molar-refractivity contribution >= 4 is 11.6 Å². The maximum Gasteiger partial charge on any atom is 0.137 e. The molecule has 0 aromatic heterocycles. The van der Waals surface area contributed by atoms with Gasteiger partial charge < -0.3 is 14.8 Å². The third-order valence-corrected chi connectivity index (χ3v) is 3.82. The maximum absolute atomic E-state index is 6.18. The third kappa shape index (κ3) is 2.41. The van der Waals surface area contributed by atoms with E-state index in [1.165, 1.54) is 5.56 Å². The Labute approximate surface area is 107 Å². The summed E-state index contributed by atoms with van der Waals surface area (Å²) in [6, 6.07) is 5.99. The Morgan fingerprint density at radius 1 is 1.35 bits per heavy atom. The Morgan fingerprint density at radius 3 is 2.59 bits per heavy atom. The first-order valence-electron chi connectivity index (χ1n) is 5.82. The van der Waals surface area contributed by atoms with Gasteiger partial charge in [0.05, 0.1) is 12.1 Å². The molecule has 0 bridgehead atoms. The predicted molar refractivity (Wildman–Crippen MR) is 68.8 cm³/mol. The molecule has 0 saturated carbocycles. The van der Waals surface area contributed by atoms with Gasteiger partial charge >= 0.3 is 0 Å². The highest BCUT2D eigenvalue weighted by atomic mass is 35.5. The SMILES string of the molecule is CNC1(c2ccc(OC)c(Cl)c2)CCOCC1. The van der Waals surface area contributed by atoms with Gasteiger partial charge in [-0.3, -0.25) is 0 Å². The number of ether oxygens (including phenoxy) is 2. The van der Waals surface area contributed by atoms with Gasteiger partial charge in [-0.05, 0) is 37.6 Å². The fraction of sp³-hybridized carbons (Fsp3) is 0.538. The Hall–Kier alpha value is -0.770. The number of rotatable bonds is 3. The van der Waals surface area contributed by atoms with Gasteiger partial charge in [0.2, 0.25) is 0 Å². The lowest BCUT2D eigenvalue weighted by atomic mass is 9.83. The van der Waals surface area contributed by atoms with Crippen molar-refractivity contribution in [3.8, 4) is 5.75 Å². The molecule has 1 aromatic rings. The third-order valence-electron chi connectivity index (χ3n) is 3.53. The van der Waals surface area contributed by atoms with Crippen LogP contribution in [0, 0.1) is 0 Å². The second kappa shape index (κ2) is 5.25. The second-order valence-electron chi connectivity index (χ2n) is 4.29. The average Bonchev–Trinajstić information content (AvgIpc) is 2.39. The van der Waals surface area contributed by atoms with E-state index in [-0.39, 0.29) is 5.54 Å². The van der Waals surface area contributed by atoms with E-state index < -0.39 is 0 Å². The molecule has 1 aliphatic heterocycles. The van der Waals surface area contributed by atoms with Crippen LogP contribution >= 0.6 is 11.6 Å². The zero-order valence-corrected chi connectivity index (χ0v) is 11.0. The summed E-state index contributed by atoms with van der Waals surface area (Å²) in [6.45, 7) is 1.56. The van der Waals surface area contributed by atoms with E-state index >= 15 is 0 Å². The summed E-state index contributed by atoms with van der Waals surface area (Å²) in [7, 11) is 3.62. The van der Waals surface area contributed by atoms with Crippen molar-refractivity contribution in [2.24, 2.45) is 0 Å². The molecule has 3 nitrogen and oxygen atoms in total. The van der Waals surface area contributed by atoms with Crippen LogP contribution in [0.15, 0.2) is 18.2 Å². The number of benzene rings is 1. The molecule has 1 saturated heterocycles. The number of methoxy groups -OCH3 is 1. The van der Waals surface area contributed by atoms with E-state index in [0.29, 0.717) is 10.8 Å². The van der Waals surface area contributed by atoms with E-state index in [1.807, 2.05) is 19.2 Å². The van der Waals surface area contributed by atoms with Crippen LogP contribution in [0.3, 0.4) is 0 Å². The Bertz CT molecular complexity index is 389. The van der Waals surface area contributed by atoms with Crippen molar-refractivity contribution in [2.75, 3.05) is 27.4 Å². The van der Waals surface area contributed by atoms with Crippen LogP contribution in [0.2, 0.25) is 5.02 Å². The molecule has 94 valence electrons. The van der Waals surface area contributed by atoms with Crippen LogP contribution < -0.4 is 10.1 Å². The minimum absolute atomic E-state index is 0.0197. The standard InChI is InChI=1S/C13H18ClNO2/c1-15-13(5-7-17-8-6-13)10-3-4-12(16-2)11(14)9-10/h3-4,9,15H,5-8H2,1-2H3. The van der Waals surface area contributed by atoms with Crippen LogP contribution in [0.25, 0.3) is 0 Å². The van der Waals surface area contributed by atoms with E-state index in [4.69, 9.17) is 21.1 Å². The first-order chi connectivity index (χ1) is 8.22. The van der Waals surface area contributed by atoms with Crippen molar-refractivity contribution in [3.05, 3.63) is 28.8 Å². The number of hydrogen-bond acceptors (Lipinski definition) is 3. The summed E-state index contributed by atoms with van der Waals surface area (Å²) >= 11 is 6.18. The average molecular weight is 256 g/mol. The van der Waals surface area contributed by atoms with Gasteiger partial charge in [0, 0.05) is 18.8 Å². The molecule has 1 aliphatic rings. The first-order valence-corrected chi connectivity index (χ1v) is 6.20. The largest absolute Gasteiger partial charge is 0.495 e. The zero-order chi connectivity index (χ0) is 12.3. The molecule has 0 amide bonds. The smallest absolute Gasteiger partial charge is 0.137 e. The molecule has 1 heterocycles. The van der Waals surface area contributed by atoms with E-state index in [9.17, 15) is 0 Å². The fourth-order valence-electron chi connectivity index (χ4n) is 2.37. The van der Waals surface area contributed by atoms with Crippen LogP contribution in [0.1, 0.15) is 18.4 Å². The summed E-state index contributed by atoms with van der Waals surface area (Å²) in [6.07, 6.45) is 1.93. The molecular weight excluding hydrogens is 238 g/mol. The van der Waals surface area contributed by atoms with Gasteiger partial charge in [-0.2, -0.15) is 0 Å². The second-order valence-corrected chi connectivity index (χ2v) is 4.70. The summed E-state index contributed by atoms with van der Waals surface area (Å²) in [4.78, 5) is 0. The van der Waals surface area contributed by atoms with E-state index in [2.05, 4.69) is 11.4 Å². The van der Waals surface area contributed by atoms with Gasteiger partial charge in [-0.1, -0.05) is 17.7 Å².